The van der Waals surface area contributed by atoms with Crippen LogP contribution in [-0.4, -0.2) is 23.3 Å². The fourth-order valence-corrected chi connectivity index (χ4v) is 2.71. The maximum Gasteiger partial charge on any atom is 0.418 e. The van der Waals surface area contributed by atoms with Crippen molar-refractivity contribution in [3.8, 4) is 0 Å². The Bertz CT molecular complexity index is 725. The molecule has 0 fully saturated rings. The standard InChI is InChI=1S/C12H11BClF3N4OS/c1-5(13-18)11-20-4-8(23-11)10(22)21-9-2-6(12(15,16)17)7(14)3-19-9/h2-5,13H,18H2,1H3,(H,19,21,22). The second kappa shape index (κ2) is 6.85. The van der Waals surface area contributed by atoms with E-state index in [1.807, 2.05) is 6.92 Å². The van der Waals surface area contributed by atoms with Crippen LogP contribution in [-0.2, 0) is 6.18 Å². The van der Waals surface area contributed by atoms with Gasteiger partial charge in [0.15, 0.2) is 0 Å². The zero-order valence-corrected chi connectivity index (χ0v) is 13.4. The minimum Gasteiger partial charge on any atom is -0.372 e. The van der Waals surface area contributed by atoms with Gasteiger partial charge >= 0.3 is 6.18 Å². The highest BCUT2D eigenvalue weighted by molar-refractivity contribution is 7.14. The van der Waals surface area contributed by atoms with Gasteiger partial charge in [-0.05, 0) is 11.9 Å². The molecule has 3 N–H and O–H groups in total. The van der Waals surface area contributed by atoms with Crippen LogP contribution in [0.3, 0.4) is 0 Å². The molecule has 11 heteroatoms. The zero-order valence-electron chi connectivity index (χ0n) is 11.8. The van der Waals surface area contributed by atoms with E-state index in [0.29, 0.717) is 18.5 Å². The van der Waals surface area contributed by atoms with Crippen molar-refractivity contribution in [3.05, 3.63) is 38.9 Å². The van der Waals surface area contributed by atoms with Crippen LogP contribution in [0, 0.1) is 0 Å². The number of nitrogens with two attached hydrogens (primary N) is 1. The second-order valence-corrected chi connectivity index (χ2v) is 6.17. The molecule has 1 unspecified atom stereocenters. The van der Waals surface area contributed by atoms with E-state index in [1.54, 1.807) is 0 Å². The molecule has 0 saturated heterocycles. The Kier molecular flexibility index (Phi) is 5.28. The molecule has 0 radical (unpaired) electrons. The van der Waals surface area contributed by atoms with Crippen LogP contribution in [0.2, 0.25) is 5.02 Å². The van der Waals surface area contributed by atoms with Crippen LogP contribution in [0.15, 0.2) is 18.5 Å². The summed E-state index contributed by atoms with van der Waals surface area (Å²) in [5.74, 6) is -0.846. The third kappa shape index (κ3) is 4.21. The number of alkyl halides is 3. The Labute approximate surface area is 139 Å². The first-order chi connectivity index (χ1) is 10.7. The normalized spacial score (nSPS) is 12.8. The Morgan fingerprint density at radius 2 is 2.13 bits per heavy atom. The number of anilines is 1. The number of nitrogens with zero attached hydrogens (tertiary/aromatic N) is 2. The highest BCUT2D eigenvalue weighted by Crippen LogP contribution is 2.35. The summed E-state index contributed by atoms with van der Waals surface area (Å²) in [7, 11) is 0.377. The summed E-state index contributed by atoms with van der Waals surface area (Å²) in [6.07, 6.45) is -2.44. The Morgan fingerprint density at radius 1 is 1.43 bits per heavy atom. The lowest BCUT2D eigenvalue weighted by Crippen LogP contribution is -2.14. The first-order valence-corrected chi connectivity index (χ1v) is 7.61. The number of hydrogen-bond acceptors (Lipinski definition) is 5. The van der Waals surface area contributed by atoms with E-state index in [0.717, 1.165) is 17.5 Å². The number of rotatable bonds is 4. The highest BCUT2D eigenvalue weighted by Gasteiger charge is 2.34. The van der Waals surface area contributed by atoms with Gasteiger partial charge < -0.3 is 11.0 Å². The lowest BCUT2D eigenvalue weighted by atomic mass is 9.79. The first-order valence-electron chi connectivity index (χ1n) is 6.42. The third-order valence-corrected chi connectivity index (χ3v) is 4.45. The molecular formula is C12H11BClF3N4OS. The summed E-state index contributed by atoms with van der Waals surface area (Å²) in [5.41, 5.74) is 4.46. The molecule has 0 saturated carbocycles. The van der Waals surface area contributed by atoms with E-state index >= 15 is 0 Å². The smallest absolute Gasteiger partial charge is 0.372 e. The number of nitrogens with one attached hydrogen (secondary N) is 1. The lowest BCUT2D eigenvalue weighted by molar-refractivity contribution is -0.137. The molecule has 0 aliphatic heterocycles. The Morgan fingerprint density at radius 3 is 2.74 bits per heavy atom. The number of carbonyl (C=O) groups is 1. The molecule has 23 heavy (non-hydrogen) atoms. The van der Waals surface area contributed by atoms with Crippen LogP contribution in [0.5, 0.6) is 0 Å². The van der Waals surface area contributed by atoms with Gasteiger partial charge in [0.05, 0.1) is 21.8 Å². The highest BCUT2D eigenvalue weighted by atomic mass is 35.5. The van der Waals surface area contributed by atoms with E-state index in [-0.39, 0.29) is 16.5 Å². The van der Waals surface area contributed by atoms with Crippen molar-refractivity contribution in [2.45, 2.75) is 18.9 Å². The van der Waals surface area contributed by atoms with Crippen molar-refractivity contribution >= 4 is 42.1 Å². The molecule has 122 valence electrons. The average Bonchev–Trinajstić information content (AvgIpc) is 2.97. The SMILES string of the molecule is CC(BN)c1ncc(C(=O)Nc2cc(C(F)(F)F)c(Cl)cn2)s1. The van der Waals surface area contributed by atoms with E-state index in [2.05, 4.69) is 15.3 Å². The molecule has 1 atom stereocenters. The number of pyridine rings is 1. The number of amides is 1. The summed E-state index contributed by atoms with van der Waals surface area (Å²) in [5, 5.41) is 2.44. The number of halogens is 4. The van der Waals surface area contributed by atoms with Gasteiger partial charge in [0.2, 0.25) is 7.41 Å². The van der Waals surface area contributed by atoms with Gasteiger partial charge in [0, 0.05) is 6.20 Å². The Balaban J connectivity index is 2.19. The van der Waals surface area contributed by atoms with Crippen LogP contribution in [0.4, 0.5) is 19.0 Å². The molecule has 0 aliphatic rings. The monoisotopic (exact) mass is 362 g/mol. The minimum absolute atomic E-state index is 0.00737. The van der Waals surface area contributed by atoms with Crippen molar-refractivity contribution in [2.75, 3.05) is 5.32 Å². The van der Waals surface area contributed by atoms with Gasteiger partial charge in [-0.25, -0.2) is 9.97 Å². The number of thiazole rings is 1. The van der Waals surface area contributed by atoms with Crippen molar-refractivity contribution in [2.24, 2.45) is 5.64 Å². The quantitative estimate of drug-likeness (QED) is 0.820. The van der Waals surface area contributed by atoms with Crippen molar-refractivity contribution in [1.82, 2.24) is 9.97 Å². The van der Waals surface area contributed by atoms with E-state index in [1.165, 1.54) is 6.20 Å². The maximum absolute atomic E-state index is 12.8. The first kappa shape index (κ1) is 17.7. The summed E-state index contributed by atoms with van der Waals surface area (Å²) in [4.78, 5) is 20.1. The van der Waals surface area contributed by atoms with Gasteiger partial charge in [0.25, 0.3) is 5.91 Å². The average molecular weight is 363 g/mol. The van der Waals surface area contributed by atoms with Gasteiger partial charge in [-0.15, -0.1) is 11.3 Å². The minimum atomic E-state index is -4.63. The Hall–Kier alpha value is -1.65. The number of carbonyl (C=O) groups excluding carboxylic acids is 1. The van der Waals surface area contributed by atoms with Gasteiger partial charge in [-0.1, -0.05) is 18.5 Å². The molecule has 2 aromatic rings. The number of hydrogen-bond donors (Lipinski definition) is 2. The molecule has 2 aromatic heterocycles. The molecule has 1 amide bonds. The zero-order chi connectivity index (χ0) is 17.2. The summed E-state index contributed by atoms with van der Waals surface area (Å²) in [6.45, 7) is 1.86. The number of aromatic nitrogens is 2. The van der Waals surface area contributed by atoms with Crippen molar-refractivity contribution in [1.29, 1.82) is 0 Å². The molecule has 0 bridgehead atoms. The molecular weight excluding hydrogens is 351 g/mol. The summed E-state index contributed by atoms with van der Waals surface area (Å²) >= 11 is 6.60. The fraction of sp³-hybridized carbons (Fsp3) is 0.250. The molecule has 2 heterocycles. The topological polar surface area (TPSA) is 80.9 Å². The summed E-state index contributed by atoms with van der Waals surface area (Å²) < 4.78 is 38.3. The van der Waals surface area contributed by atoms with Gasteiger partial charge in [-0.3, -0.25) is 4.79 Å². The lowest BCUT2D eigenvalue weighted by Gasteiger charge is -2.10. The van der Waals surface area contributed by atoms with Crippen LogP contribution < -0.4 is 11.0 Å². The predicted molar refractivity (Wildman–Crippen MR) is 84.1 cm³/mol. The molecule has 5 nitrogen and oxygen atoms in total. The van der Waals surface area contributed by atoms with E-state index in [9.17, 15) is 18.0 Å². The van der Waals surface area contributed by atoms with Gasteiger partial charge in [-0.2, -0.15) is 13.2 Å². The van der Waals surface area contributed by atoms with Crippen LogP contribution in [0.25, 0.3) is 0 Å². The molecule has 0 spiro atoms. The van der Waals surface area contributed by atoms with E-state index < -0.39 is 22.7 Å². The second-order valence-electron chi connectivity index (χ2n) is 4.70. The largest absolute Gasteiger partial charge is 0.418 e. The predicted octanol–water partition coefficient (Wildman–Crippen LogP) is 2.83. The maximum atomic E-state index is 12.8. The molecule has 0 aromatic carbocycles. The molecule has 2 rings (SSSR count). The third-order valence-electron chi connectivity index (χ3n) is 2.92. The van der Waals surface area contributed by atoms with E-state index in [4.69, 9.17) is 17.2 Å². The van der Waals surface area contributed by atoms with Crippen molar-refractivity contribution < 1.29 is 18.0 Å². The molecule has 0 aliphatic carbocycles. The fourth-order valence-electron chi connectivity index (χ4n) is 1.62. The summed E-state index contributed by atoms with van der Waals surface area (Å²) in [6, 6.07) is 0.685. The van der Waals surface area contributed by atoms with Gasteiger partial charge in [0.1, 0.15) is 10.7 Å². The van der Waals surface area contributed by atoms with Crippen molar-refractivity contribution in [3.63, 3.8) is 0 Å². The van der Waals surface area contributed by atoms with Crippen LogP contribution >= 0.6 is 22.9 Å². The van der Waals surface area contributed by atoms with Crippen LogP contribution in [0.1, 0.15) is 33.0 Å².